The monoisotopic (exact) mass is 272 g/mol. The number of rotatable bonds is 3. The van der Waals surface area contributed by atoms with E-state index in [2.05, 4.69) is 10.3 Å². The molecule has 0 bridgehead atoms. The van der Waals surface area contributed by atoms with Crippen LogP contribution in [0.25, 0.3) is 0 Å². The standard InChI is InChI=1S/C12H11F3N2O2/c13-12(14,15)8-3-4-16-10(6-8)17-9-2-1-7(5-9)11(18)19/h1-4,6-7,9H,5H2,(H,16,17)(H,18,19). The molecule has 0 saturated heterocycles. The van der Waals surface area contributed by atoms with E-state index in [0.717, 1.165) is 18.3 Å². The second kappa shape index (κ2) is 4.91. The second-order valence-electron chi connectivity index (χ2n) is 4.24. The van der Waals surface area contributed by atoms with Gasteiger partial charge in [-0.3, -0.25) is 4.79 Å². The zero-order valence-electron chi connectivity index (χ0n) is 9.69. The zero-order valence-corrected chi connectivity index (χ0v) is 9.69. The summed E-state index contributed by atoms with van der Waals surface area (Å²) in [5, 5.41) is 11.6. The molecule has 2 atom stereocenters. The summed E-state index contributed by atoms with van der Waals surface area (Å²) in [4.78, 5) is 14.5. The number of carbonyl (C=O) groups is 1. The molecule has 2 N–H and O–H groups in total. The molecule has 0 saturated carbocycles. The summed E-state index contributed by atoms with van der Waals surface area (Å²) in [6.07, 6.45) is 0.0918. The van der Waals surface area contributed by atoms with Crippen molar-refractivity contribution in [1.29, 1.82) is 0 Å². The highest BCUT2D eigenvalue weighted by Crippen LogP contribution is 2.30. The molecule has 0 spiro atoms. The van der Waals surface area contributed by atoms with Crippen molar-refractivity contribution in [3.63, 3.8) is 0 Å². The molecular weight excluding hydrogens is 261 g/mol. The van der Waals surface area contributed by atoms with E-state index in [1.54, 1.807) is 6.08 Å². The van der Waals surface area contributed by atoms with Crippen LogP contribution in [0.1, 0.15) is 12.0 Å². The Morgan fingerprint density at radius 3 is 2.74 bits per heavy atom. The molecule has 0 radical (unpaired) electrons. The summed E-state index contributed by atoms with van der Waals surface area (Å²) < 4.78 is 37.5. The Balaban J connectivity index is 2.05. The van der Waals surface area contributed by atoms with Crippen LogP contribution in [0.4, 0.5) is 19.0 Å². The number of alkyl halides is 3. The molecule has 1 aromatic heterocycles. The van der Waals surface area contributed by atoms with Gasteiger partial charge in [-0.05, 0) is 18.6 Å². The summed E-state index contributed by atoms with van der Waals surface area (Å²) in [5.41, 5.74) is -0.790. The van der Waals surface area contributed by atoms with Gasteiger partial charge in [-0.25, -0.2) is 4.98 Å². The van der Waals surface area contributed by atoms with Gasteiger partial charge in [0, 0.05) is 12.2 Å². The zero-order chi connectivity index (χ0) is 14.0. The molecule has 0 fully saturated rings. The maximum absolute atomic E-state index is 12.5. The Hall–Kier alpha value is -2.05. The topological polar surface area (TPSA) is 62.2 Å². The lowest BCUT2D eigenvalue weighted by atomic mass is 10.1. The van der Waals surface area contributed by atoms with E-state index in [4.69, 9.17) is 5.11 Å². The van der Waals surface area contributed by atoms with Crippen molar-refractivity contribution in [3.05, 3.63) is 36.0 Å². The lowest BCUT2D eigenvalue weighted by Gasteiger charge is -2.14. The molecule has 1 heterocycles. The van der Waals surface area contributed by atoms with E-state index < -0.39 is 23.6 Å². The summed E-state index contributed by atoms with van der Waals surface area (Å²) in [6, 6.07) is 1.47. The molecule has 2 unspecified atom stereocenters. The van der Waals surface area contributed by atoms with E-state index in [1.165, 1.54) is 6.08 Å². The summed E-state index contributed by atoms with van der Waals surface area (Å²) in [7, 11) is 0. The molecule has 19 heavy (non-hydrogen) atoms. The minimum absolute atomic E-state index is 0.0792. The van der Waals surface area contributed by atoms with Crippen LogP contribution >= 0.6 is 0 Å². The lowest BCUT2D eigenvalue weighted by molar-refractivity contribution is -0.140. The van der Waals surface area contributed by atoms with Gasteiger partial charge in [0.2, 0.25) is 0 Å². The Labute approximate surface area is 107 Å². The Morgan fingerprint density at radius 1 is 1.42 bits per heavy atom. The van der Waals surface area contributed by atoms with Gasteiger partial charge in [-0.15, -0.1) is 0 Å². The minimum Gasteiger partial charge on any atom is -0.481 e. The van der Waals surface area contributed by atoms with E-state index >= 15 is 0 Å². The average Bonchev–Trinajstić information content (AvgIpc) is 2.77. The van der Waals surface area contributed by atoms with Crippen LogP contribution < -0.4 is 5.32 Å². The smallest absolute Gasteiger partial charge is 0.416 e. The van der Waals surface area contributed by atoms with Crippen LogP contribution in [-0.2, 0) is 11.0 Å². The van der Waals surface area contributed by atoms with E-state index in [1.807, 2.05) is 0 Å². The third-order valence-corrected chi connectivity index (χ3v) is 2.82. The van der Waals surface area contributed by atoms with Gasteiger partial charge < -0.3 is 10.4 Å². The first-order chi connectivity index (χ1) is 8.86. The number of nitrogens with one attached hydrogen (secondary N) is 1. The molecule has 2 rings (SSSR count). The van der Waals surface area contributed by atoms with Gasteiger partial charge in [0.15, 0.2) is 0 Å². The number of anilines is 1. The first-order valence-electron chi connectivity index (χ1n) is 5.57. The quantitative estimate of drug-likeness (QED) is 0.830. The minimum atomic E-state index is -4.42. The van der Waals surface area contributed by atoms with Crippen LogP contribution in [0.2, 0.25) is 0 Å². The molecule has 102 valence electrons. The predicted octanol–water partition coefficient (Wildman–Crippen LogP) is 2.54. The third-order valence-electron chi connectivity index (χ3n) is 2.82. The average molecular weight is 272 g/mol. The van der Waals surface area contributed by atoms with Gasteiger partial charge in [-0.1, -0.05) is 12.2 Å². The molecular formula is C12H11F3N2O2. The fourth-order valence-corrected chi connectivity index (χ4v) is 1.86. The number of aliphatic carboxylic acids is 1. The Bertz CT molecular complexity index is 514. The lowest BCUT2D eigenvalue weighted by Crippen LogP contribution is -2.19. The van der Waals surface area contributed by atoms with Gasteiger partial charge >= 0.3 is 12.1 Å². The van der Waals surface area contributed by atoms with E-state index in [9.17, 15) is 18.0 Å². The normalized spacial score (nSPS) is 22.5. The summed E-state index contributed by atoms with van der Waals surface area (Å²) in [5.74, 6) is -1.48. The number of hydrogen-bond donors (Lipinski definition) is 2. The van der Waals surface area contributed by atoms with Gasteiger partial charge in [0.1, 0.15) is 5.82 Å². The first-order valence-corrected chi connectivity index (χ1v) is 5.57. The van der Waals surface area contributed by atoms with Crippen molar-refractivity contribution in [2.24, 2.45) is 5.92 Å². The van der Waals surface area contributed by atoms with Crippen molar-refractivity contribution < 1.29 is 23.1 Å². The highest BCUT2D eigenvalue weighted by atomic mass is 19.4. The predicted molar refractivity (Wildman–Crippen MR) is 61.5 cm³/mol. The Morgan fingerprint density at radius 2 is 2.16 bits per heavy atom. The number of carboxylic acids is 1. The molecule has 7 heteroatoms. The highest BCUT2D eigenvalue weighted by molar-refractivity contribution is 5.73. The number of halogens is 3. The number of nitrogens with zero attached hydrogens (tertiary/aromatic N) is 1. The van der Waals surface area contributed by atoms with Gasteiger partial charge in [0.05, 0.1) is 11.5 Å². The fourth-order valence-electron chi connectivity index (χ4n) is 1.86. The van der Waals surface area contributed by atoms with Crippen LogP contribution in [-0.4, -0.2) is 22.1 Å². The van der Waals surface area contributed by atoms with Crippen LogP contribution in [0, 0.1) is 5.92 Å². The van der Waals surface area contributed by atoms with Crippen LogP contribution in [0.5, 0.6) is 0 Å². The van der Waals surface area contributed by atoms with Crippen molar-refractivity contribution in [3.8, 4) is 0 Å². The maximum atomic E-state index is 12.5. The molecule has 0 aromatic carbocycles. The van der Waals surface area contributed by atoms with Crippen LogP contribution in [0.3, 0.4) is 0 Å². The van der Waals surface area contributed by atoms with Gasteiger partial charge in [-0.2, -0.15) is 13.2 Å². The van der Waals surface area contributed by atoms with Crippen molar-refractivity contribution in [1.82, 2.24) is 4.98 Å². The molecule has 0 aliphatic heterocycles. The third kappa shape index (κ3) is 3.24. The van der Waals surface area contributed by atoms with Crippen molar-refractivity contribution in [2.75, 3.05) is 5.32 Å². The summed E-state index contributed by atoms with van der Waals surface area (Å²) >= 11 is 0. The number of hydrogen-bond acceptors (Lipinski definition) is 3. The molecule has 4 nitrogen and oxygen atoms in total. The van der Waals surface area contributed by atoms with Crippen molar-refractivity contribution >= 4 is 11.8 Å². The maximum Gasteiger partial charge on any atom is 0.416 e. The van der Waals surface area contributed by atoms with Crippen LogP contribution in [0.15, 0.2) is 30.5 Å². The van der Waals surface area contributed by atoms with E-state index in [-0.39, 0.29) is 11.9 Å². The molecule has 1 aliphatic carbocycles. The SMILES string of the molecule is O=C(O)C1C=CC(Nc2cc(C(F)(F)F)ccn2)C1. The molecule has 1 aliphatic rings. The number of carboxylic acid groups (broad SMARTS) is 1. The number of pyridine rings is 1. The Kier molecular flexibility index (Phi) is 3.46. The molecule has 1 aromatic rings. The largest absolute Gasteiger partial charge is 0.481 e. The number of aromatic nitrogens is 1. The second-order valence-corrected chi connectivity index (χ2v) is 4.24. The summed E-state index contributed by atoms with van der Waals surface area (Å²) in [6.45, 7) is 0. The van der Waals surface area contributed by atoms with Gasteiger partial charge in [0.25, 0.3) is 0 Å². The van der Waals surface area contributed by atoms with Crippen molar-refractivity contribution in [2.45, 2.75) is 18.6 Å². The highest BCUT2D eigenvalue weighted by Gasteiger charge is 2.31. The van der Waals surface area contributed by atoms with E-state index in [0.29, 0.717) is 6.42 Å². The first kappa shape index (κ1) is 13.4. The fraction of sp³-hybridized carbons (Fsp3) is 0.333. The molecule has 0 amide bonds.